The summed E-state index contributed by atoms with van der Waals surface area (Å²) in [7, 11) is 0. The van der Waals surface area contributed by atoms with E-state index in [1.807, 2.05) is 6.92 Å². The molecule has 18 heavy (non-hydrogen) atoms. The Balaban J connectivity index is 1.82. The first-order chi connectivity index (χ1) is 8.52. The molecule has 4 nitrogen and oxygen atoms in total. The fourth-order valence-corrected chi connectivity index (χ4v) is 3.02. The normalized spacial score (nSPS) is 37.3. The number of rotatable bonds is 4. The molecule has 2 saturated heterocycles. The van der Waals surface area contributed by atoms with Crippen molar-refractivity contribution in [3.63, 3.8) is 0 Å². The average molecular weight is 252 g/mol. The third-order valence-electron chi connectivity index (χ3n) is 4.02. The average Bonchev–Trinajstić information content (AvgIpc) is 2.87. The summed E-state index contributed by atoms with van der Waals surface area (Å²) in [6, 6.07) is 2.77. The van der Waals surface area contributed by atoms with Gasteiger partial charge in [-0.1, -0.05) is 0 Å². The summed E-state index contributed by atoms with van der Waals surface area (Å²) < 4.78 is 11.7. The van der Waals surface area contributed by atoms with Gasteiger partial charge in [0.2, 0.25) is 0 Å². The van der Waals surface area contributed by atoms with Crippen molar-refractivity contribution in [3.05, 3.63) is 0 Å². The van der Waals surface area contributed by atoms with Gasteiger partial charge in [-0.25, -0.2) is 0 Å². The van der Waals surface area contributed by atoms with Crippen LogP contribution in [-0.4, -0.2) is 42.5 Å². The van der Waals surface area contributed by atoms with Gasteiger partial charge in [0.05, 0.1) is 25.2 Å². The summed E-state index contributed by atoms with van der Waals surface area (Å²) in [6.45, 7) is 9.39. The fraction of sp³-hybridized carbons (Fsp3) is 0.929. The van der Waals surface area contributed by atoms with Crippen LogP contribution in [0.1, 0.15) is 40.0 Å². The summed E-state index contributed by atoms with van der Waals surface area (Å²) in [5, 5.41) is 8.68. The maximum absolute atomic E-state index is 8.68. The Bertz CT molecular complexity index is 326. The Morgan fingerprint density at radius 3 is 2.89 bits per heavy atom. The molecule has 0 amide bonds. The van der Waals surface area contributed by atoms with Crippen molar-refractivity contribution in [2.45, 2.75) is 58.0 Å². The zero-order valence-corrected chi connectivity index (χ0v) is 11.7. The van der Waals surface area contributed by atoms with Crippen molar-refractivity contribution >= 4 is 0 Å². The second-order valence-electron chi connectivity index (χ2n) is 5.99. The minimum Gasteiger partial charge on any atom is -0.347 e. The molecule has 0 aromatic heterocycles. The van der Waals surface area contributed by atoms with E-state index in [-0.39, 0.29) is 6.10 Å². The molecule has 2 aliphatic heterocycles. The van der Waals surface area contributed by atoms with Crippen LogP contribution < -0.4 is 0 Å². The molecule has 2 aliphatic rings. The molecule has 0 aliphatic carbocycles. The van der Waals surface area contributed by atoms with Crippen LogP contribution >= 0.6 is 0 Å². The highest BCUT2D eigenvalue weighted by molar-refractivity contribution is 4.87. The highest BCUT2D eigenvalue weighted by Crippen LogP contribution is 2.34. The third kappa shape index (κ3) is 3.23. The van der Waals surface area contributed by atoms with E-state index >= 15 is 0 Å². The fourth-order valence-electron chi connectivity index (χ4n) is 3.02. The molecular weight excluding hydrogens is 228 g/mol. The quantitative estimate of drug-likeness (QED) is 0.769. The third-order valence-corrected chi connectivity index (χ3v) is 4.02. The molecule has 0 spiro atoms. The first kappa shape index (κ1) is 13.8. The number of likely N-dealkylation sites (tertiary alicyclic amines) is 1. The van der Waals surface area contributed by atoms with Gasteiger partial charge in [-0.15, -0.1) is 0 Å². The van der Waals surface area contributed by atoms with Crippen LogP contribution in [0.5, 0.6) is 0 Å². The molecule has 0 aromatic rings. The first-order valence-electron chi connectivity index (χ1n) is 6.95. The van der Waals surface area contributed by atoms with Crippen molar-refractivity contribution < 1.29 is 9.47 Å². The van der Waals surface area contributed by atoms with Gasteiger partial charge in [0.25, 0.3) is 0 Å². The SMILES string of the molecule is CC(C)N1CCC(CC2(C)OCC(CC#N)O2)C1. The Morgan fingerprint density at radius 1 is 1.50 bits per heavy atom. The van der Waals surface area contributed by atoms with Gasteiger partial charge < -0.3 is 14.4 Å². The highest BCUT2D eigenvalue weighted by atomic mass is 16.7. The molecule has 0 bridgehead atoms. The molecule has 3 unspecified atom stereocenters. The second kappa shape index (κ2) is 5.56. The predicted octanol–water partition coefficient (Wildman–Crippen LogP) is 2.15. The Hall–Kier alpha value is -0.630. The lowest BCUT2D eigenvalue weighted by Crippen LogP contribution is -2.32. The number of nitriles is 1. The van der Waals surface area contributed by atoms with Crippen LogP contribution in [-0.2, 0) is 9.47 Å². The van der Waals surface area contributed by atoms with Crippen LogP contribution in [0.2, 0.25) is 0 Å². The summed E-state index contributed by atoms with van der Waals surface area (Å²) in [4.78, 5) is 2.51. The number of nitrogens with zero attached hydrogens (tertiary/aromatic N) is 2. The zero-order valence-electron chi connectivity index (χ0n) is 11.7. The van der Waals surface area contributed by atoms with Gasteiger partial charge in [-0.3, -0.25) is 0 Å². The summed E-state index contributed by atoms with van der Waals surface area (Å²) >= 11 is 0. The van der Waals surface area contributed by atoms with E-state index in [4.69, 9.17) is 14.7 Å². The minimum absolute atomic E-state index is 0.0393. The monoisotopic (exact) mass is 252 g/mol. The van der Waals surface area contributed by atoms with Crippen LogP contribution in [0.15, 0.2) is 0 Å². The smallest absolute Gasteiger partial charge is 0.166 e. The van der Waals surface area contributed by atoms with Crippen molar-refractivity contribution in [3.8, 4) is 6.07 Å². The lowest BCUT2D eigenvalue weighted by molar-refractivity contribution is -0.164. The molecule has 4 heteroatoms. The molecule has 2 rings (SSSR count). The lowest BCUT2D eigenvalue weighted by atomic mass is 9.99. The van der Waals surface area contributed by atoms with E-state index in [9.17, 15) is 0 Å². The van der Waals surface area contributed by atoms with Gasteiger partial charge in [0.15, 0.2) is 5.79 Å². The van der Waals surface area contributed by atoms with Crippen LogP contribution in [0.4, 0.5) is 0 Å². The summed E-state index contributed by atoms with van der Waals surface area (Å²) in [5.41, 5.74) is 0. The van der Waals surface area contributed by atoms with E-state index in [1.165, 1.54) is 13.0 Å². The molecule has 0 N–H and O–H groups in total. The molecule has 2 fully saturated rings. The number of hydrogen-bond acceptors (Lipinski definition) is 4. The topological polar surface area (TPSA) is 45.5 Å². The van der Waals surface area contributed by atoms with Crippen molar-refractivity contribution in [2.24, 2.45) is 5.92 Å². The van der Waals surface area contributed by atoms with E-state index < -0.39 is 5.79 Å². The van der Waals surface area contributed by atoms with Gasteiger partial charge in [-0.2, -0.15) is 5.26 Å². The predicted molar refractivity (Wildman–Crippen MR) is 68.9 cm³/mol. The van der Waals surface area contributed by atoms with Gasteiger partial charge in [-0.05, 0) is 39.7 Å². The maximum atomic E-state index is 8.68. The largest absolute Gasteiger partial charge is 0.347 e. The second-order valence-corrected chi connectivity index (χ2v) is 5.99. The Kier molecular flexibility index (Phi) is 4.26. The lowest BCUT2D eigenvalue weighted by Gasteiger charge is -2.27. The van der Waals surface area contributed by atoms with Crippen LogP contribution in [0.25, 0.3) is 0 Å². The van der Waals surface area contributed by atoms with Gasteiger partial charge in [0, 0.05) is 19.0 Å². The van der Waals surface area contributed by atoms with Crippen molar-refractivity contribution in [1.29, 1.82) is 5.26 Å². The molecule has 2 heterocycles. The molecular formula is C14H24N2O2. The number of ether oxygens (including phenoxy) is 2. The van der Waals surface area contributed by atoms with E-state index in [0.717, 1.165) is 13.0 Å². The van der Waals surface area contributed by atoms with Crippen LogP contribution in [0, 0.1) is 17.2 Å². The Morgan fingerprint density at radius 2 is 2.28 bits per heavy atom. The van der Waals surface area contributed by atoms with Crippen LogP contribution in [0.3, 0.4) is 0 Å². The zero-order chi connectivity index (χ0) is 13.2. The van der Waals surface area contributed by atoms with E-state index in [0.29, 0.717) is 25.0 Å². The molecule has 0 aromatic carbocycles. The summed E-state index contributed by atoms with van der Waals surface area (Å²) in [5.74, 6) is 0.178. The molecule has 3 atom stereocenters. The number of hydrogen-bond donors (Lipinski definition) is 0. The minimum atomic E-state index is -0.473. The molecule has 102 valence electrons. The highest BCUT2D eigenvalue weighted by Gasteiger charge is 2.40. The first-order valence-corrected chi connectivity index (χ1v) is 6.95. The molecule has 0 radical (unpaired) electrons. The maximum Gasteiger partial charge on any atom is 0.166 e. The standard InChI is InChI=1S/C14H24N2O2/c1-11(2)16-7-5-12(9-16)8-14(3)17-10-13(18-14)4-6-15/h11-13H,4-5,7-10H2,1-3H3. The van der Waals surface area contributed by atoms with Crippen molar-refractivity contribution in [2.75, 3.05) is 19.7 Å². The van der Waals surface area contributed by atoms with Gasteiger partial charge >= 0.3 is 0 Å². The Labute approximate surface area is 110 Å². The van der Waals surface area contributed by atoms with E-state index in [1.54, 1.807) is 0 Å². The van der Waals surface area contributed by atoms with Crippen molar-refractivity contribution in [1.82, 2.24) is 4.90 Å². The molecule has 0 saturated carbocycles. The summed E-state index contributed by atoms with van der Waals surface area (Å²) in [6.07, 6.45) is 2.56. The van der Waals surface area contributed by atoms with E-state index in [2.05, 4.69) is 24.8 Å². The van der Waals surface area contributed by atoms with Gasteiger partial charge in [0.1, 0.15) is 0 Å².